The van der Waals surface area contributed by atoms with Crippen LogP contribution in [0.1, 0.15) is 77.5 Å². The molecule has 197 valence electrons. The first-order valence-corrected chi connectivity index (χ1v) is 12.8. The van der Waals surface area contributed by atoms with Crippen molar-refractivity contribution in [2.24, 2.45) is 11.8 Å². The Bertz CT molecular complexity index is 1160. The minimum Gasteiger partial charge on any atom is -0.512 e. The number of aryl methyl sites for hydroxylation is 3. The number of hydrogen-bond acceptors (Lipinski definition) is 3. The van der Waals surface area contributed by atoms with Gasteiger partial charge in [0.05, 0.1) is 5.76 Å². The minimum absolute atomic E-state index is 0. The number of benzene rings is 2. The van der Waals surface area contributed by atoms with Crippen LogP contribution in [-0.4, -0.2) is 15.9 Å². The van der Waals surface area contributed by atoms with Gasteiger partial charge in [0.2, 0.25) is 0 Å². The maximum Gasteiger partial charge on any atom is 0.162 e. The maximum absolute atomic E-state index is 11.6. The maximum atomic E-state index is 11.6. The van der Waals surface area contributed by atoms with Crippen LogP contribution in [0.3, 0.4) is 0 Å². The van der Waals surface area contributed by atoms with Crippen LogP contribution in [0.4, 0.5) is 0 Å². The number of carbonyl (C=O) groups is 1. The molecule has 0 aliphatic heterocycles. The van der Waals surface area contributed by atoms with Crippen LogP contribution in [0.2, 0.25) is 0 Å². The summed E-state index contributed by atoms with van der Waals surface area (Å²) in [6.07, 6.45) is 5.32. The van der Waals surface area contributed by atoms with Gasteiger partial charge in [0.25, 0.3) is 0 Å². The zero-order valence-corrected chi connectivity index (χ0v) is 25.6. The van der Waals surface area contributed by atoms with Gasteiger partial charge in [-0.1, -0.05) is 73.1 Å². The molecule has 0 atom stereocenters. The summed E-state index contributed by atoms with van der Waals surface area (Å²) in [4.78, 5) is 16.2. The predicted octanol–water partition coefficient (Wildman–Crippen LogP) is 8.75. The molecule has 1 heterocycles. The van der Waals surface area contributed by atoms with Gasteiger partial charge in [-0.05, 0) is 53.3 Å². The number of pyridine rings is 1. The molecule has 36 heavy (non-hydrogen) atoms. The van der Waals surface area contributed by atoms with Crippen LogP contribution < -0.4 is 0 Å². The predicted molar refractivity (Wildman–Crippen MR) is 149 cm³/mol. The summed E-state index contributed by atoms with van der Waals surface area (Å²) in [7, 11) is 0. The number of hydrogen-bond donors (Lipinski definition) is 1. The SMILES string of the molecule is C/C(C(=O)CC(C)C)=C(/O)CC(C)C.CCCc1ccc2c(-c3[c-]c(C)cc(C)c3)nccc2c1.[Ir]. The van der Waals surface area contributed by atoms with E-state index in [1.807, 2.05) is 33.9 Å². The number of aromatic nitrogens is 1. The normalized spacial score (nSPS) is 11.6. The molecule has 1 radical (unpaired) electrons. The smallest absolute Gasteiger partial charge is 0.162 e. The number of nitrogens with zero attached hydrogens (tertiary/aromatic N) is 1. The average Bonchev–Trinajstić information content (AvgIpc) is 2.77. The molecule has 0 aliphatic rings. The van der Waals surface area contributed by atoms with E-state index in [1.54, 1.807) is 6.92 Å². The van der Waals surface area contributed by atoms with E-state index in [-0.39, 0.29) is 31.6 Å². The van der Waals surface area contributed by atoms with Crippen LogP contribution in [0.25, 0.3) is 22.0 Å². The van der Waals surface area contributed by atoms with E-state index in [4.69, 9.17) is 0 Å². The van der Waals surface area contributed by atoms with Crippen molar-refractivity contribution in [2.45, 2.75) is 81.1 Å². The Morgan fingerprint density at radius 3 is 2.25 bits per heavy atom. The van der Waals surface area contributed by atoms with Crippen LogP contribution in [0, 0.1) is 31.7 Å². The Balaban J connectivity index is 0.000000382. The summed E-state index contributed by atoms with van der Waals surface area (Å²) in [5.41, 5.74) is 6.46. The van der Waals surface area contributed by atoms with Gasteiger partial charge in [-0.3, -0.25) is 4.79 Å². The first-order chi connectivity index (χ1) is 16.5. The Morgan fingerprint density at radius 2 is 1.67 bits per heavy atom. The van der Waals surface area contributed by atoms with Crippen molar-refractivity contribution in [1.82, 2.24) is 4.98 Å². The molecule has 0 aliphatic carbocycles. The summed E-state index contributed by atoms with van der Waals surface area (Å²) in [5.74, 6) is 1.06. The summed E-state index contributed by atoms with van der Waals surface area (Å²) in [6, 6.07) is 16.5. The van der Waals surface area contributed by atoms with Crippen LogP contribution in [0.15, 0.2) is 53.9 Å². The van der Waals surface area contributed by atoms with Crippen molar-refractivity contribution in [2.75, 3.05) is 0 Å². The minimum atomic E-state index is 0. The average molecular weight is 665 g/mol. The Hall–Kier alpha value is -2.29. The number of allylic oxidation sites excluding steroid dienone is 2. The van der Waals surface area contributed by atoms with Gasteiger partial charge in [-0.15, -0.1) is 34.9 Å². The first kappa shape index (κ1) is 31.7. The Labute approximate surface area is 231 Å². The fraction of sp³-hybridized carbons (Fsp3) is 0.438. The molecule has 3 aromatic rings. The van der Waals surface area contributed by atoms with E-state index in [9.17, 15) is 9.90 Å². The van der Waals surface area contributed by atoms with Crippen molar-refractivity contribution in [3.63, 3.8) is 0 Å². The number of carbonyl (C=O) groups excluding carboxylic acids is 1. The molecule has 2 aromatic carbocycles. The van der Waals surface area contributed by atoms with Crippen molar-refractivity contribution in [1.29, 1.82) is 0 Å². The van der Waals surface area contributed by atoms with Gasteiger partial charge < -0.3 is 10.1 Å². The van der Waals surface area contributed by atoms with E-state index in [1.165, 1.54) is 28.3 Å². The van der Waals surface area contributed by atoms with Gasteiger partial charge in [0.15, 0.2) is 5.78 Å². The molecule has 0 unspecified atom stereocenters. The third-order valence-corrected chi connectivity index (χ3v) is 5.82. The second-order valence-corrected chi connectivity index (χ2v) is 10.4. The third kappa shape index (κ3) is 9.64. The molecule has 3 nitrogen and oxygen atoms in total. The Kier molecular flexibility index (Phi) is 13.3. The molecule has 0 fully saturated rings. The first-order valence-electron chi connectivity index (χ1n) is 12.8. The number of ketones is 1. The summed E-state index contributed by atoms with van der Waals surface area (Å²) < 4.78 is 0. The molecule has 1 N–H and O–H groups in total. The van der Waals surface area contributed by atoms with E-state index in [0.717, 1.165) is 23.2 Å². The van der Waals surface area contributed by atoms with E-state index in [2.05, 4.69) is 68.2 Å². The summed E-state index contributed by atoms with van der Waals surface area (Å²) in [6.45, 7) is 16.2. The van der Waals surface area contributed by atoms with E-state index < -0.39 is 0 Å². The fourth-order valence-electron chi connectivity index (χ4n) is 4.13. The quantitative estimate of drug-likeness (QED) is 0.149. The third-order valence-electron chi connectivity index (χ3n) is 5.82. The molecule has 0 saturated carbocycles. The molecular formula is C32H42IrNO2-. The largest absolute Gasteiger partial charge is 0.512 e. The molecular weight excluding hydrogens is 623 g/mol. The summed E-state index contributed by atoms with van der Waals surface area (Å²) >= 11 is 0. The second-order valence-electron chi connectivity index (χ2n) is 10.4. The van der Waals surface area contributed by atoms with Crippen molar-refractivity contribution < 1.29 is 30.0 Å². The monoisotopic (exact) mass is 665 g/mol. The Morgan fingerprint density at radius 1 is 1.00 bits per heavy atom. The van der Waals surface area contributed by atoms with Crippen molar-refractivity contribution in [3.8, 4) is 11.3 Å². The van der Waals surface area contributed by atoms with Gasteiger partial charge in [-0.25, -0.2) is 0 Å². The number of aliphatic hydroxyl groups is 1. The van der Waals surface area contributed by atoms with Gasteiger partial charge >= 0.3 is 0 Å². The standard InChI is InChI=1S/C20H20N.C12H22O2.Ir/c1-4-5-16-6-7-19-17(13-16)8-9-21-20(19)18-11-14(2)10-15(3)12-18;1-8(2)6-11(13)10(5)12(14)7-9(3)4;/h6-11,13H,4-5H2,1-3H3;8-9,13H,6-7H2,1-5H3;/q-1;;/b;11-10-;. The molecule has 0 amide bonds. The van der Waals surface area contributed by atoms with Gasteiger partial charge in [0.1, 0.15) is 0 Å². The zero-order chi connectivity index (χ0) is 26.1. The van der Waals surface area contributed by atoms with Crippen molar-refractivity contribution >= 4 is 16.6 Å². The van der Waals surface area contributed by atoms with Gasteiger partial charge in [0, 0.05) is 44.7 Å². The molecule has 0 bridgehead atoms. The van der Waals surface area contributed by atoms with Crippen LogP contribution in [-0.2, 0) is 31.3 Å². The number of rotatable bonds is 8. The molecule has 4 heteroatoms. The van der Waals surface area contributed by atoms with E-state index in [0.29, 0.717) is 30.3 Å². The van der Waals surface area contributed by atoms with E-state index >= 15 is 0 Å². The molecule has 3 rings (SSSR count). The van der Waals surface area contributed by atoms with Gasteiger partial charge in [-0.2, -0.15) is 0 Å². The molecule has 0 saturated heterocycles. The van der Waals surface area contributed by atoms with Crippen LogP contribution >= 0.6 is 0 Å². The molecule has 1 aromatic heterocycles. The number of fused-ring (bicyclic) bond motifs is 1. The number of Topliss-reactive ketones (excluding diaryl/α,β-unsaturated/α-hetero) is 1. The van der Waals surface area contributed by atoms with Crippen LogP contribution in [0.5, 0.6) is 0 Å². The topological polar surface area (TPSA) is 50.2 Å². The zero-order valence-electron chi connectivity index (χ0n) is 23.2. The molecule has 0 spiro atoms. The van der Waals surface area contributed by atoms with Crippen molar-refractivity contribution in [3.05, 3.63) is 76.7 Å². The number of aliphatic hydroxyl groups excluding tert-OH is 1. The fourth-order valence-corrected chi connectivity index (χ4v) is 4.13. The second kappa shape index (κ2) is 15.1. The summed E-state index contributed by atoms with van der Waals surface area (Å²) in [5, 5.41) is 12.1.